The molecular weight excluding hydrogens is 325 g/mol. The molecule has 5 heteroatoms. The molecule has 2 aromatic carbocycles. The van der Waals surface area contributed by atoms with Crippen LogP contribution in [0.3, 0.4) is 0 Å². The molecule has 0 amide bonds. The Balaban J connectivity index is 2.55. The molecule has 0 radical (unpaired) electrons. The molecule has 0 N–H and O–H groups in total. The third kappa shape index (κ3) is 2.44. The number of hydrogen-bond donors (Lipinski definition) is 0. The molecule has 18 heavy (non-hydrogen) atoms. The van der Waals surface area contributed by atoms with Gasteiger partial charge in [0.1, 0.15) is 0 Å². The van der Waals surface area contributed by atoms with Crippen LogP contribution in [0.25, 0.3) is 0 Å². The summed E-state index contributed by atoms with van der Waals surface area (Å²) in [5.41, 5.74) is -0.134. The van der Waals surface area contributed by atoms with Crippen molar-refractivity contribution in [3.8, 4) is 0 Å². The Labute approximate surface area is 116 Å². The van der Waals surface area contributed by atoms with E-state index in [1.54, 1.807) is 12.1 Å². The Morgan fingerprint density at radius 1 is 1.11 bits per heavy atom. The lowest BCUT2D eigenvalue weighted by atomic mass is 10.0. The van der Waals surface area contributed by atoms with E-state index in [2.05, 4.69) is 15.9 Å². The lowest BCUT2D eigenvalue weighted by Gasteiger charge is -2.06. The molecule has 2 aromatic rings. The number of benzene rings is 2. The highest BCUT2D eigenvalue weighted by atomic mass is 79.9. The van der Waals surface area contributed by atoms with Crippen molar-refractivity contribution < 1.29 is 13.6 Å². The van der Waals surface area contributed by atoms with Gasteiger partial charge in [0.05, 0.1) is 5.56 Å². The topological polar surface area (TPSA) is 17.1 Å². The third-order valence-corrected chi connectivity index (χ3v) is 3.30. The van der Waals surface area contributed by atoms with E-state index in [9.17, 15) is 13.6 Å². The van der Waals surface area contributed by atoms with Gasteiger partial charge in [-0.3, -0.25) is 4.79 Å². The molecule has 0 saturated carbocycles. The first kappa shape index (κ1) is 13.2. The van der Waals surface area contributed by atoms with Crippen molar-refractivity contribution in [3.05, 3.63) is 68.7 Å². The second kappa shape index (κ2) is 5.16. The van der Waals surface area contributed by atoms with Crippen LogP contribution in [-0.4, -0.2) is 5.78 Å². The Hall–Kier alpha value is -1.26. The highest BCUT2D eigenvalue weighted by Crippen LogP contribution is 2.25. The number of rotatable bonds is 2. The molecule has 0 saturated heterocycles. The monoisotopic (exact) mass is 330 g/mol. The summed E-state index contributed by atoms with van der Waals surface area (Å²) in [5.74, 6) is -2.84. The number of carbonyl (C=O) groups excluding carboxylic acids is 1. The minimum atomic E-state index is -1.16. The van der Waals surface area contributed by atoms with Crippen molar-refractivity contribution in [3.63, 3.8) is 0 Å². The van der Waals surface area contributed by atoms with Crippen LogP contribution in [0, 0.1) is 11.6 Å². The predicted octanol–water partition coefficient (Wildman–Crippen LogP) is 4.61. The molecule has 0 heterocycles. The second-order valence-electron chi connectivity index (χ2n) is 3.55. The second-order valence-corrected chi connectivity index (χ2v) is 4.85. The van der Waals surface area contributed by atoms with Gasteiger partial charge in [0.25, 0.3) is 0 Å². The zero-order valence-electron chi connectivity index (χ0n) is 8.88. The molecule has 0 unspecified atom stereocenters. The summed E-state index contributed by atoms with van der Waals surface area (Å²) in [6.45, 7) is 0. The fourth-order valence-electron chi connectivity index (χ4n) is 1.50. The van der Waals surface area contributed by atoms with Gasteiger partial charge < -0.3 is 0 Å². The van der Waals surface area contributed by atoms with E-state index in [-0.39, 0.29) is 11.1 Å². The van der Waals surface area contributed by atoms with Crippen molar-refractivity contribution >= 4 is 33.3 Å². The summed E-state index contributed by atoms with van der Waals surface area (Å²) < 4.78 is 27.1. The smallest absolute Gasteiger partial charge is 0.197 e. The van der Waals surface area contributed by atoms with Crippen LogP contribution < -0.4 is 0 Å². The Morgan fingerprint density at radius 3 is 2.56 bits per heavy atom. The minimum Gasteiger partial charge on any atom is -0.288 e. The molecule has 2 rings (SSSR count). The van der Waals surface area contributed by atoms with E-state index in [0.29, 0.717) is 9.50 Å². The van der Waals surface area contributed by atoms with Crippen LogP contribution in [0.2, 0.25) is 5.02 Å². The maximum atomic E-state index is 13.5. The van der Waals surface area contributed by atoms with Gasteiger partial charge in [0.15, 0.2) is 17.4 Å². The third-order valence-electron chi connectivity index (χ3n) is 2.37. The van der Waals surface area contributed by atoms with E-state index in [0.717, 1.165) is 6.07 Å². The SMILES string of the molecule is O=C(c1cc(Cl)ccc1Br)c1cccc(F)c1F. The summed E-state index contributed by atoms with van der Waals surface area (Å²) in [5, 5.41) is 0.346. The van der Waals surface area contributed by atoms with Crippen LogP contribution >= 0.6 is 27.5 Å². The summed E-state index contributed by atoms with van der Waals surface area (Å²) >= 11 is 8.95. The first-order valence-corrected chi connectivity index (χ1v) is 6.11. The fraction of sp³-hybridized carbons (Fsp3) is 0. The van der Waals surface area contributed by atoms with Crippen LogP contribution in [0.1, 0.15) is 15.9 Å². The molecule has 1 nitrogen and oxygen atoms in total. The molecule has 0 fully saturated rings. The standard InChI is InChI=1S/C13H6BrClF2O/c14-10-5-4-7(15)6-9(10)13(18)8-2-1-3-11(16)12(8)17/h1-6H. The molecule has 0 bridgehead atoms. The largest absolute Gasteiger partial charge is 0.288 e. The van der Waals surface area contributed by atoms with Crippen molar-refractivity contribution in [1.29, 1.82) is 0 Å². The van der Waals surface area contributed by atoms with E-state index in [1.165, 1.54) is 18.2 Å². The van der Waals surface area contributed by atoms with Crippen molar-refractivity contribution in [1.82, 2.24) is 0 Å². The highest BCUT2D eigenvalue weighted by Gasteiger charge is 2.19. The number of hydrogen-bond acceptors (Lipinski definition) is 1. The van der Waals surface area contributed by atoms with Gasteiger partial charge >= 0.3 is 0 Å². The van der Waals surface area contributed by atoms with Gasteiger partial charge in [-0.25, -0.2) is 8.78 Å². The van der Waals surface area contributed by atoms with E-state index < -0.39 is 17.4 Å². The number of halogens is 4. The molecule has 0 atom stereocenters. The van der Waals surface area contributed by atoms with E-state index >= 15 is 0 Å². The average Bonchev–Trinajstić information content (AvgIpc) is 2.35. The van der Waals surface area contributed by atoms with Crippen LogP contribution in [0.15, 0.2) is 40.9 Å². The molecule has 0 aliphatic heterocycles. The summed E-state index contributed by atoms with van der Waals surface area (Å²) in [4.78, 5) is 12.1. The van der Waals surface area contributed by atoms with Gasteiger partial charge in [-0.05, 0) is 30.3 Å². The molecule has 0 spiro atoms. The minimum absolute atomic E-state index is 0.187. The first-order valence-electron chi connectivity index (χ1n) is 4.94. The van der Waals surface area contributed by atoms with Crippen molar-refractivity contribution in [2.45, 2.75) is 0 Å². The lowest BCUT2D eigenvalue weighted by Crippen LogP contribution is -2.06. The average molecular weight is 332 g/mol. The zero-order valence-corrected chi connectivity index (χ0v) is 11.2. The fourth-order valence-corrected chi connectivity index (χ4v) is 2.09. The van der Waals surface area contributed by atoms with Gasteiger partial charge in [-0.2, -0.15) is 0 Å². The summed E-state index contributed by atoms with van der Waals surface area (Å²) in [7, 11) is 0. The quantitative estimate of drug-likeness (QED) is 0.734. The van der Waals surface area contributed by atoms with Gasteiger partial charge in [-0.15, -0.1) is 0 Å². The summed E-state index contributed by atoms with van der Waals surface area (Å²) in [6.07, 6.45) is 0. The van der Waals surface area contributed by atoms with Gasteiger partial charge in [0, 0.05) is 15.1 Å². The maximum absolute atomic E-state index is 13.5. The number of carbonyl (C=O) groups is 1. The Morgan fingerprint density at radius 2 is 1.83 bits per heavy atom. The normalized spacial score (nSPS) is 10.4. The molecular formula is C13H6BrClF2O. The van der Waals surface area contributed by atoms with E-state index in [1.807, 2.05) is 0 Å². The molecule has 0 aliphatic carbocycles. The zero-order chi connectivity index (χ0) is 13.3. The first-order chi connectivity index (χ1) is 8.50. The van der Waals surface area contributed by atoms with Crippen LogP contribution in [0.4, 0.5) is 8.78 Å². The number of ketones is 1. The summed E-state index contributed by atoms with van der Waals surface area (Å²) in [6, 6.07) is 8.03. The highest BCUT2D eigenvalue weighted by molar-refractivity contribution is 9.10. The Bertz CT molecular complexity index is 624. The predicted molar refractivity (Wildman–Crippen MR) is 68.9 cm³/mol. The Kier molecular flexibility index (Phi) is 3.78. The molecule has 0 aromatic heterocycles. The van der Waals surface area contributed by atoms with Crippen molar-refractivity contribution in [2.75, 3.05) is 0 Å². The maximum Gasteiger partial charge on any atom is 0.197 e. The lowest BCUT2D eigenvalue weighted by molar-refractivity contribution is 0.103. The van der Waals surface area contributed by atoms with Gasteiger partial charge in [-0.1, -0.05) is 33.6 Å². The molecule has 92 valence electrons. The van der Waals surface area contributed by atoms with Crippen LogP contribution in [0.5, 0.6) is 0 Å². The molecule has 0 aliphatic rings. The van der Waals surface area contributed by atoms with Crippen molar-refractivity contribution in [2.24, 2.45) is 0 Å². The van der Waals surface area contributed by atoms with Crippen LogP contribution in [-0.2, 0) is 0 Å². The van der Waals surface area contributed by atoms with E-state index in [4.69, 9.17) is 11.6 Å². The van der Waals surface area contributed by atoms with Gasteiger partial charge in [0.2, 0.25) is 0 Å².